The highest BCUT2D eigenvalue weighted by atomic mass is 35.5. The molecule has 37 heavy (non-hydrogen) atoms. The van der Waals surface area contributed by atoms with E-state index in [1.54, 1.807) is 18.7 Å². The van der Waals surface area contributed by atoms with Gasteiger partial charge in [-0.1, -0.05) is 66.9 Å². The molecule has 2 nitrogen and oxygen atoms in total. The molecule has 0 aliphatic carbocycles. The number of alkyl halides is 6. The summed E-state index contributed by atoms with van der Waals surface area (Å²) in [5.41, 5.74) is -2.38. The van der Waals surface area contributed by atoms with Crippen molar-refractivity contribution in [3.63, 3.8) is 0 Å². The third-order valence-electron chi connectivity index (χ3n) is 4.99. The van der Waals surface area contributed by atoms with Crippen LogP contribution in [0.4, 0.5) is 26.3 Å². The van der Waals surface area contributed by atoms with Gasteiger partial charge < -0.3 is 5.32 Å². The summed E-state index contributed by atoms with van der Waals surface area (Å²) in [7, 11) is 0. The second kappa shape index (κ2) is 13.0. The van der Waals surface area contributed by atoms with Crippen molar-refractivity contribution in [2.24, 2.45) is 5.92 Å². The van der Waals surface area contributed by atoms with Crippen LogP contribution in [0.1, 0.15) is 53.7 Å². The van der Waals surface area contributed by atoms with Gasteiger partial charge in [-0.25, -0.2) is 0 Å². The van der Waals surface area contributed by atoms with Gasteiger partial charge in [0.15, 0.2) is 0 Å². The number of benzene rings is 2. The van der Waals surface area contributed by atoms with Crippen molar-refractivity contribution < 1.29 is 31.1 Å². The lowest BCUT2D eigenvalue weighted by molar-refractivity contribution is -0.139. The molecule has 2 aromatic carbocycles. The Balaban J connectivity index is 2.36. The molecule has 2 unspecified atom stereocenters. The smallest absolute Gasteiger partial charge is 0.349 e. The van der Waals surface area contributed by atoms with Gasteiger partial charge in [0.2, 0.25) is 0 Å². The van der Waals surface area contributed by atoms with Crippen molar-refractivity contribution >= 4 is 58.5 Å². The summed E-state index contributed by atoms with van der Waals surface area (Å²) in [4.78, 5) is 12.6. The molecule has 0 heterocycles. The van der Waals surface area contributed by atoms with Gasteiger partial charge in [-0.3, -0.25) is 4.79 Å². The molecule has 0 saturated carbocycles. The molecule has 1 amide bonds. The zero-order valence-electron chi connectivity index (χ0n) is 19.9. The van der Waals surface area contributed by atoms with Crippen molar-refractivity contribution in [2.75, 3.05) is 11.5 Å². The summed E-state index contributed by atoms with van der Waals surface area (Å²) < 4.78 is 82.6. The third kappa shape index (κ3) is 9.30. The summed E-state index contributed by atoms with van der Waals surface area (Å²) in [5, 5.41) is 2.04. The van der Waals surface area contributed by atoms with Crippen LogP contribution >= 0.6 is 46.6 Å². The van der Waals surface area contributed by atoms with Crippen molar-refractivity contribution in [3.05, 3.63) is 73.7 Å². The van der Waals surface area contributed by atoms with E-state index in [1.165, 1.54) is 0 Å². The quantitative estimate of drug-likeness (QED) is 0.228. The molecule has 0 aliphatic rings. The van der Waals surface area contributed by atoms with E-state index < -0.39 is 35.3 Å². The Morgan fingerprint density at radius 1 is 0.973 bits per heavy atom. The number of thioether (sulfide) groups is 1. The number of allylic oxidation sites excluding steroid dienone is 1. The zero-order valence-corrected chi connectivity index (χ0v) is 23.0. The van der Waals surface area contributed by atoms with Crippen molar-refractivity contribution in [2.45, 2.75) is 45.1 Å². The number of carbonyl (C=O) groups is 1. The average molecular weight is 607 g/mol. The molecule has 1 N–H and O–H groups in total. The lowest BCUT2D eigenvalue weighted by Gasteiger charge is -2.19. The largest absolute Gasteiger partial charge is 0.417 e. The van der Waals surface area contributed by atoms with Crippen LogP contribution in [0.25, 0.3) is 6.08 Å². The minimum atomic E-state index is -4.91. The van der Waals surface area contributed by atoms with Gasteiger partial charge in [-0.15, -0.1) is 0 Å². The molecule has 0 aliphatic heterocycles. The number of amides is 1. The van der Waals surface area contributed by atoms with Crippen LogP contribution in [-0.4, -0.2) is 29.6 Å². The number of hydrogen-bond acceptors (Lipinski definition) is 2. The Kier molecular flexibility index (Phi) is 11.1. The van der Waals surface area contributed by atoms with E-state index >= 15 is 0 Å². The van der Waals surface area contributed by atoms with Crippen LogP contribution in [0.3, 0.4) is 0 Å². The Labute approximate surface area is 230 Å². The SMILES string of the molecule is CC(C)CSCC(C)NC(=O)c1ccc(/C=C/C(c2cc(Cl)c(Cl)c(Cl)c2)C(F)(F)F)cc1C(F)(F)F. The van der Waals surface area contributed by atoms with Gasteiger partial charge in [0.25, 0.3) is 5.91 Å². The van der Waals surface area contributed by atoms with E-state index in [9.17, 15) is 31.1 Å². The second-order valence-electron chi connectivity index (χ2n) is 8.79. The molecular weight excluding hydrogens is 583 g/mol. The lowest BCUT2D eigenvalue weighted by atomic mass is 9.96. The molecule has 0 bridgehead atoms. The molecule has 2 atom stereocenters. The fraction of sp³-hybridized carbons (Fsp3) is 0.400. The summed E-state index contributed by atoms with van der Waals surface area (Å²) in [6.07, 6.45) is -8.12. The zero-order chi connectivity index (χ0) is 28.1. The second-order valence-corrected chi connectivity index (χ2v) is 11.1. The summed E-state index contributed by atoms with van der Waals surface area (Å²) in [6.45, 7) is 5.74. The number of halogens is 9. The minimum absolute atomic E-state index is 0.117. The van der Waals surface area contributed by atoms with E-state index in [2.05, 4.69) is 5.32 Å². The molecule has 0 aromatic heterocycles. The van der Waals surface area contributed by atoms with E-state index in [4.69, 9.17) is 34.8 Å². The topological polar surface area (TPSA) is 29.1 Å². The van der Waals surface area contributed by atoms with Crippen molar-refractivity contribution in [3.8, 4) is 0 Å². The monoisotopic (exact) mass is 605 g/mol. The molecule has 0 fully saturated rings. The van der Waals surface area contributed by atoms with E-state index in [1.807, 2.05) is 13.8 Å². The maximum absolute atomic E-state index is 13.8. The van der Waals surface area contributed by atoms with Crippen LogP contribution in [0.2, 0.25) is 15.1 Å². The maximum Gasteiger partial charge on any atom is 0.417 e. The Morgan fingerprint density at radius 2 is 1.57 bits per heavy atom. The van der Waals surface area contributed by atoms with Crippen LogP contribution in [0.15, 0.2) is 36.4 Å². The molecule has 204 valence electrons. The van der Waals surface area contributed by atoms with Gasteiger partial charge in [-0.2, -0.15) is 38.1 Å². The first-order valence-corrected chi connectivity index (χ1v) is 13.3. The Hall–Kier alpha value is -1.55. The Bertz CT molecular complexity index is 1110. The molecular formula is C25H24Cl3F6NOS. The number of hydrogen-bond donors (Lipinski definition) is 1. The van der Waals surface area contributed by atoms with Gasteiger partial charge >= 0.3 is 12.4 Å². The maximum atomic E-state index is 13.8. The summed E-state index contributed by atoms with van der Waals surface area (Å²) >= 11 is 19.1. The number of carbonyl (C=O) groups excluding carboxylic acids is 1. The van der Waals surface area contributed by atoms with E-state index in [0.29, 0.717) is 23.8 Å². The highest BCUT2D eigenvalue weighted by molar-refractivity contribution is 7.99. The highest BCUT2D eigenvalue weighted by Gasteiger charge is 2.40. The predicted molar refractivity (Wildman–Crippen MR) is 140 cm³/mol. The molecule has 0 saturated heterocycles. The molecule has 2 rings (SSSR count). The first-order valence-electron chi connectivity index (χ1n) is 11.0. The molecule has 12 heteroatoms. The van der Waals surface area contributed by atoms with Crippen LogP contribution in [-0.2, 0) is 6.18 Å². The fourth-order valence-electron chi connectivity index (χ4n) is 3.29. The van der Waals surface area contributed by atoms with Crippen LogP contribution in [0.5, 0.6) is 0 Å². The summed E-state index contributed by atoms with van der Waals surface area (Å²) in [5.74, 6) is -1.36. The number of nitrogens with one attached hydrogen (secondary N) is 1. The van der Waals surface area contributed by atoms with Gasteiger partial charge in [0.05, 0.1) is 32.1 Å². The highest BCUT2D eigenvalue weighted by Crippen LogP contribution is 2.41. The van der Waals surface area contributed by atoms with Crippen molar-refractivity contribution in [1.29, 1.82) is 0 Å². The van der Waals surface area contributed by atoms with Gasteiger partial charge in [0.1, 0.15) is 0 Å². The van der Waals surface area contributed by atoms with Crippen molar-refractivity contribution in [1.82, 2.24) is 5.32 Å². The summed E-state index contributed by atoms with van der Waals surface area (Å²) in [6, 6.07) is 4.33. The average Bonchev–Trinajstić information content (AvgIpc) is 2.75. The minimum Gasteiger partial charge on any atom is -0.349 e. The standard InChI is InChI=1S/C25H24Cl3F6NOS/c1-13(2)11-37-12-14(3)35-23(36)17-6-4-15(8-19(17)25(32,33)34)5-7-18(24(29,30)31)16-9-20(26)22(28)21(27)10-16/h4-10,13-14,18H,11-12H2,1-3H3,(H,35,36)/b7-5+. The molecule has 0 radical (unpaired) electrons. The first-order chi connectivity index (χ1) is 17.0. The normalized spacial score (nSPS) is 14.3. The van der Waals surface area contributed by atoms with Crippen LogP contribution in [0, 0.1) is 5.92 Å². The first kappa shape index (κ1) is 31.7. The molecule has 0 spiro atoms. The van der Waals surface area contributed by atoms with Gasteiger partial charge in [0, 0.05) is 11.8 Å². The third-order valence-corrected chi connectivity index (χ3v) is 7.82. The molecule has 2 aromatic rings. The number of rotatable bonds is 9. The van der Waals surface area contributed by atoms with Crippen LogP contribution < -0.4 is 5.32 Å². The Morgan fingerprint density at radius 3 is 2.08 bits per heavy atom. The van der Waals surface area contributed by atoms with Gasteiger partial charge in [-0.05, 0) is 54.0 Å². The fourth-order valence-corrected chi connectivity index (χ4v) is 4.95. The van der Waals surface area contributed by atoms with E-state index in [0.717, 1.165) is 36.1 Å². The lowest BCUT2D eigenvalue weighted by Crippen LogP contribution is -2.35. The predicted octanol–water partition coefficient (Wildman–Crippen LogP) is 9.53. The van der Waals surface area contributed by atoms with E-state index in [-0.39, 0.29) is 32.2 Å².